The van der Waals surface area contributed by atoms with Crippen molar-refractivity contribution in [3.63, 3.8) is 0 Å². The summed E-state index contributed by atoms with van der Waals surface area (Å²) in [6.45, 7) is 7.86. The summed E-state index contributed by atoms with van der Waals surface area (Å²) in [6.07, 6.45) is 4.96. The van der Waals surface area contributed by atoms with Gasteiger partial charge in [-0.3, -0.25) is 4.90 Å². The zero-order valence-corrected chi connectivity index (χ0v) is 11.0. The van der Waals surface area contributed by atoms with E-state index in [4.69, 9.17) is 4.74 Å². The standard InChI is InChI=1S/C12H23NOS/c1-10(2)13-6-11(7-15-3)4-5-12(13)8-14-9-12/h10-11H,4-9H2,1-3H3. The van der Waals surface area contributed by atoms with Crippen molar-refractivity contribution in [2.75, 3.05) is 31.8 Å². The molecule has 0 saturated carbocycles. The second kappa shape index (κ2) is 4.64. The molecule has 1 spiro atoms. The van der Waals surface area contributed by atoms with E-state index in [0.717, 1.165) is 19.1 Å². The van der Waals surface area contributed by atoms with Crippen LogP contribution in [0.15, 0.2) is 0 Å². The average Bonchev–Trinajstić information content (AvgIpc) is 2.15. The van der Waals surface area contributed by atoms with Crippen molar-refractivity contribution >= 4 is 11.8 Å². The lowest BCUT2D eigenvalue weighted by molar-refractivity contribution is -0.172. The molecule has 0 aliphatic carbocycles. The van der Waals surface area contributed by atoms with Gasteiger partial charge in [0.1, 0.15) is 0 Å². The van der Waals surface area contributed by atoms with Crippen LogP contribution in [-0.4, -0.2) is 48.2 Å². The van der Waals surface area contributed by atoms with Crippen LogP contribution in [0.25, 0.3) is 0 Å². The molecule has 0 aromatic heterocycles. The molecular weight excluding hydrogens is 206 g/mol. The van der Waals surface area contributed by atoms with Gasteiger partial charge in [0.15, 0.2) is 0 Å². The molecule has 2 heterocycles. The number of hydrogen-bond donors (Lipinski definition) is 0. The van der Waals surface area contributed by atoms with Crippen molar-refractivity contribution in [3.05, 3.63) is 0 Å². The molecular formula is C12H23NOS. The molecule has 0 aromatic rings. The summed E-state index contributed by atoms with van der Waals surface area (Å²) in [5, 5.41) is 0. The minimum absolute atomic E-state index is 0.420. The Morgan fingerprint density at radius 3 is 2.67 bits per heavy atom. The van der Waals surface area contributed by atoms with Gasteiger partial charge in [-0.05, 0) is 44.6 Å². The van der Waals surface area contributed by atoms with Crippen molar-refractivity contribution < 1.29 is 4.74 Å². The maximum absolute atomic E-state index is 5.44. The van der Waals surface area contributed by atoms with Gasteiger partial charge in [0.25, 0.3) is 0 Å². The van der Waals surface area contributed by atoms with Crippen LogP contribution in [0, 0.1) is 5.92 Å². The fourth-order valence-corrected chi connectivity index (χ4v) is 3.70. The Morgan fingerprint density at radius 1 is 1.47 bits per heavy atom. The fraction of sp³-hybridized carbons (Fsp3) is 1.00. The van der Waals surface area contributed by atoms with E-state index in [-0.39, 0.29) is 0 Å². The number of rotatable bonds is 3. The highest BCUT2D eigenvalue weighted by atomic mass is 32.2. The minimum Gasteiger partial charge on any atom is -0.377 e. The molecule has 0 bridgehead atoms. The van der Waals surface area contributed by atoms with E-state index in [1.165, 1.54) is 25.1 Å². The van der Waals surface area contributed by atoms with Gasteiger partial charge in [-0.1, -0.05) is 0 Å². The number of ether oxygens (including phenoxy) is 1. The zero-order chi connectivity index (χ0) is 10.9. The summed E-state index contributed by atoms with van der Waals surface area (Å²) in [7, 11) is 0. The molecule has 15 heavy (non-hydrogen) atoms. The molecule has 2 aliphatic heterocycles. The lowest BCUT2D eigenvalue weighted by Gasteiger charge is -2.56. The van der Waals surface area contributed by atoms with Crippen LogP contribution in [0.4, 0.5) is 0 Å². The highest BCUT2D eigenvalue weighted by Gasteiger charge is 2.47. The van der Waals surface area contributed by atoms with E-state index < -0.39 is 0 Å². The first-order valence-electron chi connectivity index (χ1n) is 6.01. The van der Waals surface area contributed by atoms with E-state index in [9.17, 15) is 0 Å². The number of hydrogen-bond acceptors (Lipinski definition) is 3. The van der Waals surface area contributed by atoms with E-state index in [1.54, 1.807) is 0 Å². The lowest BCUT2D eigenvalue weighted by Crippen LogP contribution is -2.67. The average molecular weight is 229 g/mol. The highest BCUT2D eigenvalue weighted by molar-refractivity contribution is 7.98. The topological polar surface area (TPSA) is 12.5 Å². The Labute approximate surface area is 97.7 Å². The Balaban J connectivity index is 1.99. The summed E-state index contributed by atoms with van der Waals surface area (Å²) < 4.78 is 5.44. The lowest BCUT2D eigenvalue weighted by atomic mass is 9.80. The largest absolute Gasteiger partial charge is 0.377 e. The first kappa shape index (κ1) is 11.7. The number of nitrogens with zero attached hydrogens (tertiary/aromatic N) is 1. The molecule has 0 aromatic carbocycles. The summed E-state index contributed by atoms with van der Waals surface area (Å²) in [5.74, 6) is 2.22. The van der Waals surface area contributed by atoms with Gasteiger partial charge in [-0.15, -0.1) is 0 Å². The third-order valence-corrected chi connectivity index (χ3v) is 4.65. The maximum Gasteiger partial charge on any atom is 0.0681 e. The van der Waals surface area contributed by atoms with Crippen LogP contribution >= 0.6 is 11.8 Å². The molecule has 0 radical (unpaired) electrons. The summed E-state index contributed by atoms with van der Waals surface area (Å²) in [6, 6.07) is 0.665. The van der Waals surface area contributed by atoms with Gasteiger partial charge in [-0.25, -0.2) is 0 Å². The van der Waals surface area contributed by atoms with E-state index in [0.29, 0.717) is 11.6 Å². The first-order chi connectivity index (χ1) is 7.18. The molecule has 2 aliphatic rings. The normalized spacial score (nSPS) is 30.8. The number of likely N-dealkylation sites (tertiary alicyclic amines) is 1. The molecule has 88 valence electrons. The van der Waals surface area contributed by atoms with Crippen molar-refractivity contribution in [1.29, 1.82) is 0 Å². The predicted octanol–water partition coefficient (Wildman–Crippen LogP) is 2.24. The van der Waals surface area contributed by atoms with Gasteiger partial charge in [-0.2, -0.15) is 11.8 Å². The molecule has 1 unspecified atom stereocenters. The summed E-state index contributed by atoms with van der Waals surface area (Å²) in [4.78, 5) is 2.70. The van der Waals surface area contributed by atoms with Crippen LogP contribution in [0.5, 0.6) is 0 Å². The smallest absolute Gasteiger partial charge is 0.0681 e. The SMILES string of the molecule is CSCC1CCC2(COC2)N(C(C)C)C1. The summed E-state index contributed by atoms with van der Waals surface area (Å²) in [5.41, 5.74) is 0.420. The molecule has 2 saturated heterocycles. The van der Waals surface area contributed by atoms with E-state index >= 15 is 0 Å². The third-order valence-electron chi connectivity index (χ3n) is 3.85. The van der Waals surface area contributed by atoms with Gasteiger partial charge >= 0.3 is 0 Å². The first-order valence-corrected chi connectivity index (χ1v) is 7.41. The van der Waals surface area contributed by atoms with Crippen LogP contribution in [0.1, 0.15) is 26.7 Å². The third kappa shape index (κ3) is 2.20. The van der Waals surface area contributed by atoms with Crippen molar-refractivity contribution in [3.8, 4) is 0 Å². The molecule has 0 N–H and O–H groups in total. The Morgan fingerprint density at radius 2 is 2.20 bits per heavy atom. The van der Waals surface area contributed by atoms with Crippen LogP contribution in [0.3, 0.4) is 0 Å². The molecule has 2 fully saturated rings. The van der Waals surface area contributed by atoms with Crippen LogP contribution < -0.4 is 0 Å². The molecule has 3 heteroatoms. The van der Waals surface area contributed by atoms with Crippen LogP contribution in [0.2, 0.25) is 0 Å². The number of thioether (sulfide) groups is 1. The second-order valence-corrected chi connectivity index (χ2v) is 6.23. The number of piperidine rings is 1. The van der Waals surface area contributed by atoms with Crippen molar-refractivity contribution in [2.45, 2.75) is 38.3 Å². The Hall–Kier alpha value is 0.270. The minimum atomic E-state index is 0.420. The van der Waals surface area contributed by atoms with E-state index in [2.05, 4.69) is 25.0 Å². The molecule has 2 nitrogen and oxygen atoms in total. The van der Waals surface area contributed by atoms with Gasteiger partial charge in [0.2, 0.25) is 0 Å². The van der Waals surface area contributed by atoms with Gasteiger partial charge < -0.3 is 4.74 Å². The highest BCUT2D eigenvalue weighted by Crippen LogP contribution is 2.38. The molecule has 2 rings (SSSR count). The van der Waals surface area contributed by atoms with Gasteiger partial charge in [0, 0.05) is 12.6 Å². The van der Waals surface area contributed by atoms with Crippen LogP contribution in [-0.2, 0) is 4.74 Å². The Kier molecular flexibility index (Phi) is 3.63. The second-order valence-electron chi connectivity index (χ2n) is 5.32. The fourth-order valence-electron chi connectivity index (χ4n) is 2.96. The van der Waals surface area contributed by atoms with E-state index in [1.807, 2.05) is 11.8 Å². The van der Waals surface area contributed by atoms with Gasteiger partial charge in [0.05, 0.1) is 18.8 Å². The maximum atomic E-state index is 5.44. The summed E-state index contributed by atoms with van der Waals surface area (Å²) >= 11 is 1.99. The molecule has 1 atom stereocenters. The monoisotopic (exact) mass is 229 g/mol. The molecule has 0 amide bonds. The Bertz CT molecular complexity index is 216. The predicted molar refractivity (Wildman–Crippen MR) is 66.5 cm³/mol. The zero-order valence-electron chi connectivity index (χ0n) is 10.2. The van der Waals surface area contributed by atoms with Crippen molar-refractivity contribution in [1.82, 2.24) is 4.90 Å². The quantitative estimate of drug-likeness (QED) is 0.736. The van der Waals surface area contributed by atoms with Crippen molar-refractivity contribution in [2.24, 2.45) is 5.92 Å².